The molecule has 0 amide bonds. The Balaban J connectivity index is 1.24. The van der Waals surface area contributed by atoms with Crippen molar-refractivity contribution in [3.8, 4) is 45.2 Å². The van der Waals surface area contributed by atoms with Crippen LogP contribution in [0.3, 0.4) is 0 Å². The average Bonchev–Trinajstić information content (AvgIpc) is 3.58. The molecule has 0 N–H and O–H groups in total. The summed E-state index contributed by atoms with van der Waals surface area (Å²) in [6, 6.07) is 31.8. The Morgan fingerprint density at radius 2 is 0.861 bits per heavy atom. The maximum absolute atomic E-state index is 6.02. The maximum Gasteiger partial charge on any atom is 0.228 e. The van der Waals surface area contributed by atoms with E-state index in [9.17, 15) is 0 Å². The van der Waals surface area contributed by atoms with Crippen LogP contribution in [0.4, 0.5) is 0 Å². The Labute approximate surface area is 205 Å². The van der Waals surface area contributed by atoms with Crippen LogP contribution in [0.1, 0.15) is 0 Å². The third-order valence-corrected chi connectivity index (χ3v) is 6.06. The molecule has 0 aliphatic heterocycles. The highest BCUT2D eigenvalue weighted by Gasteiger charge is 2.13. The fraction of sp³-hybridized carbons (Fsp3) is 0. The summed E-state index contributed by atoms with van der Waals surface area (Å²) >= 11 is 0. The van der Waals surface area contributed by atoms with Gasteiger partial charge in [0.15, 0.2) is 22.5 Å². The van der Waals surface area contributed by atoms with Gasteiger partial charge in [0.2, 0.25) is 11.8 Å². The minimum atomic E-state index is 0.560. The summed E-state index contributed by atoms with van der Waals surface area (Å²) in [6.45, 7) is 0. The first-order chi connectivity index (χ1) is 17.8. The van der Waals surface area contributed by atoms with Gasteiger partial charge >= 0.3 is 0 Å². The summed E-state index contributed by atoms with van der Waals surface area (Å²) < 4.78 is 12.0. The normalized spacial score (nSPS) is 11.3. The molecule has 170 valence electrons. The van der Waals surface area contributed by atoms with E-state index in [2.05, 4.69) is 38.1 Å². The number of fused-ring (bicyclic) bond motifs is 2. The summed E-state index contributed by atoms with van der Waals surface area (Å²) in [5.41, 5.74) is 8.23. The van der Waals surface area contributed by atoms with Gasteiger partial charge in [-0.2, -0.15) is 9.97 Å². The zero-order valence-corrected chi connectivity index (χ0v) is 19.0. The van der Waals surface area contributed by atoms with E-state index in [1.54, 1.807) is 0 Å². The highest BCUT2D eigenvalue weighted by atomic mass is 16.4. The van der Waals surface area contributed by atoms with Crippen LogP contribution in [0.15, 0.2) is 118 Å². The van der Waals surface area contributed by atoms with E-state index in [1.807, 2.05) is 91.3 Å². The topological polar surface area (TPSA) is 77.8 Å². The van der Waals surface area contributed by atoms with Crippen LogP contribution in [0.5, 0.6) is 0 Å². The largest absolute Gasteiger partial charge is 0.434 e. The van der Waals surface area contributed by atoms with Crippen LogP contribution >= 0.6 is 0 Å². The molecular formula is C30H18N4O2. The number of benzene rings is 3. The fourth-order valence-electron chi connectivity index (χ4n) is 4.24. The first-order valence-corrected chi connectivity index (χ1v) is 11.5. The molecule has 7 aromatic rings. The van der Waals surface area contributed by atoms with Crippen LogP contribution < -0.4 is 0 Å². The van der Waals surface area contributed by atoms with Gasteiger partial charge in [0.05, 0.1) is 0 Å². The Bertz CT molecular complexity index is 1710. The SMILES string of the molecule is c1ccc(-c2nc3ncc(-c4cccc(-c5cnc6nc(-c7ccccc7)oc6c5)c4)cc3o2)cc1. The van der Waals surface area contributed by atoms with Crippen molar-refractivity contribution in [2.75, 3.05) is 0 Å². The zero-order valence-electron chi connectivity index (χ0n) is 19.0. The van der Waals surface area contributed by atoms with Crippen molar-refractivity contribution in [3.63, 3.8) is 0 Å². The average molecular weight is 467 g/mol. The summed E-state index contributed by atoms with van der Waals surface area (Å²) in [6.07, 6.45) is 3.64. The van der Waals surface area contributed by atoms with Crippen molar-refractivity contribution in [2.45, 2.75) is 0 Å². The van der Waals surface area contributed by atoms with E-state index in [0.29, 0.717) is 34.2 Å². The van der Waals surface area contributed by atoms with Gasteiger partial charge in [0.25, 0.3) is 0 Å². The molecule has 0 fully saturated rings. The highest BCUT2D eigenvalue weighted by Crippen LogP contribution is 2.31. The number of nitrogens with zero attached hydrogens (tertiary/aromatic N) is 4. The molecule has 0 spiro atoms. The molecule has 0 saturated carbocycles. The molecule has 0 bridgehead atoms. The van der Waals surface area contributed by atoms with Gasteiger partial charge in [-0.1, -0.05) is 54.6 Å². The number of oxazole rings is 2. The maximum atomic E-state index is 6.02. The Hall–Kier alpha value is -5.10. The van der Waals surface area contributed by atoms with Crippen molar-refractivity contribution < 1.29 is 8.83 Å². The van der Waals surface area contributed by atoms with Crippen molar-refractivity contribution in [3.05, 3.63) is 109 Å². The lowest BCUT2D eigenvalue weighted by atomic mass is 10.0. The summed E-state index contributed by atoms with van der Waals surface area (Å²) in [4.78, 5) is 18.1. The predicted octanol–water partition coefficient (Wildman–Crippen LogP) is 7.43. The van der Waals surface area contributed by atoms with E-state index in [4.69, 9.17) is 8.83 Å². The Morgan fingerprint density at radius 3 is 1.33 bits per heavy atom. The molecule has 6 heteroatoms. The molecule has 0 atom stereocenters. The van der Waals surface area contributed by atoms with Crippen LogP contribution in [0, 0.1) is 0 Å². The van der Waals surface area contributed by atoms with Crippen LogP contribution in [0.25, 0.3) is 67.6 Å². The van der Waals surface area contributed by atoms with Gasteiger partial charge in [0.1, 0.15) is 0 Å². The van der Waals surface area contributed by atoms with Gasteiger partial charge in [-0.3, -0.25) is 0 Å². The predicted molar refractivity (Wildman–Crippen MR) is 139 cm³/mol. The summed E-state index contributed by atoms with van der Waals surface area (Å²) in [5.74, 6) is 1.12. The molecule has 3 aromatic carbocycles. The monoisotopic (exact) mass is 466 g/mol. The smallest absolute Gasteiger partial charge is 0.228 e. The molecule has 0 saturated heterocycles. The molecule has 0 unspecified atom stereocenters. The fourth-order valence-corrected chi connectivity index (χ4v) is 4.24. The standard InChI is InChI=1S/C30H18N4O2/c1-3-8-19(9-4-1)29-33-27-25(35-29)15-23(17-31-27)21-12-7-13-22(14-21)24-16-26-28(32-18-24)34-30(36-26)20-10-5-2-6-11-20/h1-18H. The minimum Gasteiger partial charge on any atom is -0.434 e. The number of hydrogen-bond acceptors (Lipinski definition) is 6. The van der Waals surface area contributed by atoms with Gasteiger partial charge in [-0.15, -0.1) is 0 Å². The first kappa shape index (κ1) is 20.3. The first-order valence-electron chi connectivity index (χ1n) is 11.5. The quantitative estimate of drug-likeness (QED) is 0.268. The molecule has 0 radical (unpaired) electrons. The van der Waals surface area contributed by atoms with Crippen LogP contribution in [-0.4, -0.2) is 19.9 Å². The molecule has 36 heavy (non-hydrogen) atoms. The number of rotatable bonds is 4. The Kier molecular flexibility index (Phi) is 4.67. The lowest BCUT2D eigenvalue weighted by Crippen LogP contribution is -1.85. The second-order valence-electron chi connectivity index (χ2n) is 8.44. The summed E-state index contributed by atoms with van der Waals surface area (Å²) in [7, 11) is 0. The van der Waals surface area contributed by atoms with Gasteiger partial charge in [-0.05, 0) is 53.6 Å². The Morgan fingerprint density at radius 1 is 0.417 bits per heavy atom. The molecule has 7 rings (SSSR count). The molecule has 0 aliphatic carbocycles. The van der Waals surface area contributed by atoms with Crippen molar-refractivity contribution in [1.29, 1.82) is 0 Å². The molecule has 6 nitrogen and oxygen atoms in total. The highest BCUT2D eigenvalue weighted by molar-refractivity contribution is 5.82. The number of hydrogen-bond donors (Lipinski definition) is 0. The third kappa shape index (κ3) is 3.61. The second-order valence-corrected chi connectivity index (χ2v) is 8.44. The molecule has 4 heterocycles. The van der Waals surface area contributed by atoms with Crippen LogP contribution in [0.2, 0.25) is 0 Å². The number of pyridine rings is 2. The van der Waals surface area contributed by atoms with Crippen molar-refractivity contribution >= 4 is 22.5 Å². The van der Waals surface area contributed by atoms with Gasteiger partial charge in [0, 0.05) is 34.6 Å². The van der Waals surface area contributed by atoms with Crippen LogP contribution in [-0.2, 0) is 0 Å². The van der Waals surface area contributed by atoms with E-state index in [1.165, 1.54) is 0 Å². The van der Waals surface area contributed by atoms with E-state index in [-0.39, 0.29) is 0 Å². The van der Waals surface area contributed by atoms with E-state index in [0.717, 1.165) is 33.4 Å². The van der Waals surface area contributed by atoms with Gasteiger partial charge < -0.3 is 8.83 Å². The van der Waals surface area contributed by atoms with Crippen molar-refractivity contribution in [1.82, 2.24) is 19.9 Å². The molecule has 4 aromatic heterocycles. The number of aromatic nitrogens is 4. The summed E-state index contributed by atoms with van der Waals surface area (Å²) in [5, 5.41) is 0. The molecular weight excluding hydrogens is 448 g/mol. The van der Waals surface area contributed by atoms with E-state index < -0.39 is 0 Å². The minimum absolute atomic E-state index is 0.560. The lowest BCUT2D eigenvalue weighted by molar-refractivity contribution is 0.619. The third-order valence-electron chi connectivity index (χ3n) is 6.06. The second kappa shape index (κ2) is 8.29. The lowest BCUT2D eigenvalue weighted by Gasteiger charge is -2.05. The van der Waals surface area contributed by atoms with Crippen molar-refractivity contribution in [2.24, 2.45) is 0 Å². The molecule has 0 aliphatic rings. The van der Waals surface area contributed by atoms with Gasteiger partial charge in [-0.25, -0.2) is 9.97 Å². The van der Waals surface area contributed by atoms with E-state index >= 15 is 0 Å². The zero-order chi connectivity index (χ0) is 23.9.